The average molecular weight is 250 g/mol. The summed E-state index contributed by atoms with van der Waals surface area (Å²) in [6, 6.07) is 1.80. The molecule has 0 bridgehead atoms. The van der Waals surface area contributed by atoms with Crippen LogP contribution in [-0.4, -0.2) is 26.1 Å². The number of hydrogen-bond acceptors (Lipinski definition) is 4. The number of aryl methyl sites for hydroxylation is 1. The molecule has 0 atom stereocenters. The molecule has 0 aromatic carbocycles. The van der Waals surface area contributed by atoms with E-state index in [1.54, 1.807) is 6.07 Å². The van der Waals surface area contributed by atoms with Crippen molar-refractivity contribution in [3.05, 3.63) is 35.3 Å². The summed E-state index contributed by atoms with van der Waals surface area (Å²) in [6.07, 6.45) is 3.84. The molecule has 0 unspecified atom stereocenters. The first-order chi connectivity index (χ1) is 8.22. The summed E-state index contributed by atoms with van der Waals surface area (Å²) in [6.45, 7) is 4.45. The van der Waals surface area contributed by atoms with Crippen molar-refractivity contribution in [3.8, 4) is 0 Å². The van der Waals surface area contributed by atoms with Crippen molar-refractivity contribution in [2.45, 2.75) is 20.0 Å². The van der Waals surface area contributed by atoms with Crippen LogP contribution in [0.15, 0.2) is 18.5 Å². The van der Waals surface area contributed by atoms with Gasteiger partial charge in [-0.15, -0.1) is 0 Å². The van der Waals surface area contributed by atoms with Gasteiger partial charge in [0, 0.05) is 31.5 Å². The van der Waals surface area contributed by atoms with Gasteiger partial charge in [-0.1, -0.05) is 11.6 Å². The van der Waals surface area contributed by atoms with Gasteiger partial charge in [-0.3, -0.25) is 0 Å². The predicted octanol–water partition coefficient (Wildman–Crippen LogP) is 1.66. The molecule has 5 nitrogen and oxygen atoms in total. The van der Waals surface area contributed by atoms with E-state index < -0.39 is 0 Å². The Kier molecular flexibility index (Phi) is 2.48. The lowest BCUT2D eigenvalue weighted by Crippen LogP contribution is -2.34. The van der Waals surface area contributed by atoms with Crippen LogP contribution in [0, 0.1) is 6.92 Å². The number of rotatable bonds is 1. The molecule has 0 aliphatic carbocycles. The number of anilines is 1. The van der Waals surface area contributed by atoms with Crippen LogP contribution in [0.25, 0.3) is 0 Å². The van der Waals surface area contributed by atoms with Crippen LogP contribution in [-0.2, 0) is 13.1 Å². The molecule has 1 aliphatic rings. The third-order valence-corrected chi connectivity index (χ3v) is 3.06. The fraction of sp³-hybridized carbons (Fsp3) is 0.364. The third kappa shape index (κ3) is 1.98. The molecule has 3 rings (SSSR count). The summed E-state index contributed by atoms with van der Waals surface area (Å²) < 4.78 is 2.16. The molecule has 0 fully saturated rings. The maximum Gasteiger partial charge on any atom is 0.134 e. The Bertz CT molecular complexity index is 530. The lowest BCUT2D eigenvalue weighted by atomic mass is 10.3. The molecule has 2 aromatic rings. The van der Waals surface area contributed by atoms with Crippen molar-refractivity contribution in [3.63, 3.8) is 0 Å². The predicted molar refractivity (Wildman–Crippen MR) is 65.1 cm³/mol. The van der Waals surface area contributed by atoms with E-state index in [1.807, 2.05) is 19.3 Å². The van der Waals surface area contributed by atoms with Gasteiger partial charge in [-0.05, 0) is 6.92 Å². The first-order valence-electron chi connectivity index (χ1n) is 5.48. The van der Waals surface area contributed by atoms with Gasteiger partial charge in [-0.25, -0.2) is 15.0 Å². The highest BCUT2D eigenvalue weighted by Gasteiger charge is 2.18. The summed E-state index contributed by atoms with van der Waals surface area (Å²) in [5.74, 6) is 2.63. The smallest absolute Gasteiger partial charge is 0.134 e. The maximum atomic E-state index is 5.95. The summed E-state index contributed by atoms with van der Waals surface area (Å²) in [5, 5.41) is 0.487. The van der Waals surface area contributed by atoms with E-state index in [0.717, 1.165) is 31.3 Å². The van der Waals surface area contributed by atoms with Gasteiger partial charge in [0.25, 0.3) is 0 Å². The highest BCUT2D eigenvalue weighted by molar-refractivity contribution is 6.29. The number of fused-ring (bicyclic) bond motifs is 1. The van der Waals surface area contributed by atoms with Crippen LogP contribution in [0.5, 0.6) is 0 Å². The molecule has 0 saturated heterocycles. The first-order valence-corrected chi connectivity index (χ1v) is 5.86. The molecule has 3 heterocycles. The Labute approximate surface area is 104 Å². The number of hydrogen-bond donors (Lipinski definition) is 0. The zero-order valence-electron chi connectivity index (χ0n) is 9.47. The Balaban J connectivity index is 1.91. The first kappa shape index (κ1) is 10.5. The van der Waals surface area contributed by atoms with Crippen molar-refractivity contribution in [1.29, 1.82) is 0 Å². The van der Waals surface area contributed by atoms with Crippen LogP contribution in [0.1, 0.15) is 11.6 Å². The van der Waals surface area contributed by atoms with Crippen LogP contribution in [0.3, 0.4) is 0 Å². The minimum absolute atomic E-state index is 0.487. The highest BCUT2D eigenvalue weighted by Crippen LogP contribution is 2.20. The lowest BCUT2D eigenvalue weighted by Gasteiger charge is -2.28. The van der Waals surface area contributed by atoms with Crippen molar-refractivity contribution in [2.24, 2.45) is 0 Å². The molecule has 1 aliphatic heterocycles. The lowest BCUT2D eigenvalue weighted by molar-refractivity contribution is 0.555. The van der Waals surface area contributed by atoms with Gasteiger partial charge in [0.15, 0.2) is 0 Å². The summed E-state index contributed by atoms with van der Waals surface area (Å²) in [4.78, 5) is 15.0. The van der Waals surface area contributed by atoms with Crippen molar-refractivity contribution < 1.29 is 0 Å². The van der Waals surface area contributed by atoms with E-state index in [9.17, 15) is 0 Å². The molecule has 0 N–H and O–H groups in total. The average Bonchev–Trinajstić information content (AvgIpc) is 2.74. The highest BCUT2D eigenvalue weighted by atomic mass is 35.5. The standard InChI is InChI=1S/C11H12ClN5/c1-8-14-9(12)6-10(15-8)17-5-4-16-3-2-13-11(16)7-17/h2-3,6H,4-5,7H2,1H3. The SMILES string of the molecule is Cc1nc(Cl)cc(N2CCn3ccnc3C2)n1. The number of aromatic nitrogens is 4. The van der Waals surface area contributed by atoms with Crippen LogP contribution in [0.4, 0.5) is 5.82 Å². The molecular formula is C11H12ClN5. The summed E-state index contributed by atoms with van der Waals surface area (Å²) in [7, 11) is 0. The van der Waals surface area contributed by atoms with Crippen molar-refractivity contribution in [2.75, 3.05) is 11.4 Å². The fourth-order valence-corrected chi connectivity index (χ4v) is 2.27. The molecule has 88 valence electrons. The van der Waals surface area contributed by atoms with E-state index in [1.165, 1.54) is 0 Å². The Morgan fingerprint density at radius 3 is 3.00 bits per heavy atom. The fourth-order valence-electron chi connectivity index (χ4n) is 2.05. The Morgan fingerprint density at radius 2 is 2.18 bits per heavy atom. The molecule has 17 heavy (non-hydrogen) atoms. The van der Waals surface area contributed by atoms with E-state index in [0.29, 0.717) is 11.0 Å². The largest absolute Gasteiger partial charge is 0.347 e. The quantitative estimate of drug-likeness (QED) is 0.721. The van der Waals surface area contributed by atoms with Gasteiger partial charge in [0.2, 0.25) is 0 Å². The van der Waals surface area contributed by atoms with Gasteiger partial charge in [0.05, 0.1) is 6.54 Å². The van der Waals surface area contributed by atoms with Gasteiger partial charge >= 0.3 is 0 Å². The second kappa shape index (κ2) is 4.00. The Hall–Kier alpha value is -1.62. The molecule has 0 amide bonds. The third-order valence-electron chi connectivity index (χ3n) is 2.86. The minimum Gasteiger partial charge on any atom is -0.347 e. The van der Waals surface area contributed by atoms with E-state index in [4.69, 9.17) is 11.6 Å². The van der Waals surface area contributed by atoms with Gasteiger partial charge in [-0.2, -0.15) is 0 Å². The second-order valence-corrected chi connectivity index (χ2v) is 4.44. The summed E-state index contributed by atoms with van der Waals surface area (Å²) >= 11 is 5.95. The molecule has 0 spiro atoms. The zero-order chi connectivity index (χ0) is 11.8. The number of nitrogens with zero attached hydrogens (tertiary/aromatic N) is 5. The molecule has 2 aromatic heterocycles. The van der Waals surface area contributed by atoms with Crippen LogP contribution < -0.4 is 4.90 Å². The molecule has 0 radical (unpaired) electrons. The molecular weight excluding hydrogens is 238 g/mol. The van der Waals surface area contributed by atoms with Crippen molar-refractivity contribution >= 4 is 17.4 Å². The zero-order valence-corrected chi connectivity index (χ0v) is 10.2. The Morgan fingerprint density at radius 1 is 1.29 bits per heavy atom. The van der Waals surface area contributed by atoms with Crippen LogP contribution in [0.2, 0.25) is 5.15 Å². The topological polar surface area (TPSA) is 46.8 Å². The van der Waals surface area contributed by atoms with Crippen molar-refractivity contribution in [1.82, 2.24) is 19.5 Å². The minimum atomic E-state index is 0.487. The normalized spacial score (nSPS) is 14.8. The van der Waals surface area contributed by atoms with Gasteiger partial charge in [0.1, 0.15) is 22.6 Å². The van der Waals surface area contributed by atoms with E-state index in [2.05, 4.69) is 24.4 Å². The molecule has 0 saturated carbocycles. The maximum absolute atomic E-state index is 5.95. The van der Waals surface area contributed by atoms with Crippen LogP contribution >= 0.6 is 11.6 Å². The number of halogens is 1. The second-order valence-electron chi connectivity index (χ2n) is 4.05. The molecule has 6 heteroatoms. The van der Waals surface area contributed by atoms with E-state index >= 15 is 0 Å². The van der Waals surface area contributed by atoms with Gasteiger partial charge < -0.3 is 9.47 Å². The monoisotopic (exact) mass is 249 g/mol. The van der Waals surface area contributed by atoms with E-state index in [-0.39, 0.29) is 0 Å². The summed E-state index contributed by atoms with van der Waals surface area (Å²) in [5.41, 5.74) is 0. The number of imidazole rings is 1.